The molecule has 35 heavy (non-hydrogen) atoms. The van der Waals surface area contributed by atoms with Crippen LogP contribution < -0.4 is 14.9 Å². The van der Waals surface area contributed by atoms with Gasteiger partial charge in [0.25, 0.3) is 5.91 Å². The van der Waals surface area contributed by atoms with Crippen molar-refractivity contribution in [1.29, 1.82) is 0 Å². The molecule has 0 bridgehead atoms. The molecule has 0 aliphatic carbocycles. The molecule has 4 aromatic rings. The zero-order valence-electron chi connectivity index (χ0n) is 19.6. The molecule has 0 saturated heterocycles. The van der Waals surface area contributed by atoms with E-state index in [1.807, 2.05) is 84.3 Å². The van der Waals surface area contributed by atoms with E-state index in [2.05, 4.69) is 20.7 Å². The number of ether oxygens (including phenoxy) is 2. The first-order valence-electron chi connectivity index (χ1n) is 10.8. The van der Waals surface area contributed by atoms with Gasteiger partial charge in [0.2, 0.25) is 0 Å². The van der Waals surface area contributed by atoms with Crippen LogP contribution in [0, 0.1) is 6.92 Å². The number of hydrazone groups is 1. The van der Waals surface area contributed by atoms with Gasteiger partial charge < -0.3 is 9.47 Å². The summed E-state index contributed by atoms with van der Waals surface area (Å²) in [6.45, 7) is 2.02. The fourth-order valence-electron chi connectivity index (χ4n) is 3.25. The van der Waals surface area contributed by atoms with E-state index in [1.165, 1.54) is 11.8 Å². The smallest absolute Gasteiger partial charge is 0.250 e. The SMILES string of the molecule is COc1ccc(-c2nnc(SCC(=O)N/N=C\c3ccc(C)cc3)n2-c2ccc(OC)cc2)cc1. The minimum Gasteiger partial charge on any atom is -0.497 e. The van der Waals surface area contributed by atoms with E-state index in [4.69, 9.17) is 9.47 Å². The molecule has 0 saturated carbocycles. The number of methoxy groups -OCH3 is 2. The number of rotatable bonds is 9. The number of hydrogen-bond donors (Lipinski definition) is 1. The van der Waals surface area contributed by atoms with Crippen molar-refractivity contribution in [2.75, 3.05) is 20.0 Å². The number of benzene rings is 3. The van der Waals surface area contributed by atoms with Crippen LogP contribution in [0.4, 0.5) is 0 Å². The van der Waals surface area contributed by atoms with E-state index < -0.39 is 0 Å². The third-order valence-electron chi connectivity index (χ3n) is 5.12. The molecule has 0 atom stereocenters. The Morgan fingerprint density at radius 1 is 0.943 bits per heavy atom. The summed E-state index contributed by atoms with van der Waals surface area (Å²) in [7, 11) is 3.25. The molecular formula is C26H25N5O3S. The Hall–Kier alpha value is -4.11. The molecule has 0 unspecified atom stereocenters. The van der Waals surface area contributed by atoms with Crippen LogP contribution in [0.25, 0.3) is 17.1 Å². The Bertz CT molecular complexity index is 1300. The van der Waals surface area contributed by atoms with Crippen LogP contribution in [0.3, 0.4) is 0 Å². The molecule has 178 valence electrons. The lowest BCUT2D eigenvalue weighted by atomic mass is 10.2. The van der Waals surface area contributed by atoms with E-state index in [1.54, 1.807) is 20.4 Å². The largest absolute Gasteiger partial charge is 0.497 e. The zero-order valence-corrected chi connectivity index (χ0v) is 20.5. The van der Waals surface area contributed by atoms with Gasteiger partial charge in [-0.2, -0.15) is 5.10 Å². The van der Waals surface area contributed by atoms with Gasteiger partial charge in [-0.3, -0.25) is 9.36 Å². The number of aromatic nitrogens is 3. The molecule has 0 radical (unpaired) electrons. The quantitative estimate of drug-likeness (QED) is 0.212. The normalized spacial score (nSPS) is 10.9. The number of carbonyl (C=O) groups is 1. The van der Waals surface area contributed by atoms with Crippen LogP contribution >= 0.6 is 11.8 Å². The molecule has 1 heterocycles. The Morgan fingerprint density at radius 3 is 2.20 bits per heavy atom. The first-order chi connectivity index (χ1) is 17.1. The average Bonchev–Trinajstić information content (AvgIpc) is 3.32. The fraction of sp³-hybridized carbons (Fsp3) is 0.154. The van der Waals surface area contributed by atoms with Crippen LogP contribution in [0.1, 0.15) is 11.1 Å². The van der Waals surface area contributed by atoms with Crippen molar-refractivity contribution in [3.63, 3.8) is 0 Å². The summed E-state index contributed by atoms with van der Waals surface area (Å²) in [5.41, 5.74) is 6.35. The summed E-state index contributed by atoms with van der Waals surface area (Å²) in [6, 6.07) is 23.0. The van der Waals surface area contributed by atoms with E-state index >= 15 is 0 Å². The lowest BCUT2D eigenvalue weighted by Gasteiger charge is -2.11. The summed E-state index contributed by atoms with van der Waals surface area (Å²) < 4.78 is 12.5. The minimum absolute atomic E-state index is 0.127. The standard InChI is InChI=1S/C26H25N5O3S/c1-18-4-6-19(7-5-18)16-27-28-24(32)17-35-26-30-29-25(20-8-12-22(33-2)13-9-20)31(26)21-10-14-23(34-3)15-11-21/h4-16H,17H2,1-3H3,(H,28,32)/b27-16-. The fourth-order valence-corrected chi connectivity index (χ4v) is 3.99. The van der Waals surface area contributed by atoms with Crippen LogP contribution in [0.5, 0.6) is 11.5 Å². The minimum atomic E-state index is -0.242. The monoisotopic (exact) mass is 487 g/mol. The Balaban J connectivity index is 1.52. The van der Waals surface area contributed by atoms with Crippen molar-refractivity contribution >= 4 is 23.9 Å². The van der Waals surface area contributed by atoms with Crippen molar-refractivity contribution < 1.29 is 14.3 Å². The molecule has 1 amide bonds. The zero-order chi connectivity index (χ0) is 24.6. The summed E-state index contributed by atoms with van der Waals surface area (Å²) >= 11 is 1.28. The molecule has 1 N–H and O–H groups in total. The Labute approximate surface area is 208 Å². The highest BCUT2D eigenvalue weighted by Gasteiger charge is 2.17. The molecule has 3 aromatic carbocycles. The highest BCUT2D eigenvalue weighted by Crippen LogP contribution is 2.29. The number of amides is 1. The second-order valence-electron chi connectivity index (χ2n) is 7.56. The molecular weight excluding hydrogens is 462 g/mol. The highest BCUT2D eigenvalue weighted by molar-refractivity contribution is 7.99. The maximum atomic E-state index is 12.4. The lowest BCUT2D eigenvalue weighted by Crippen LogP contribution is -2.20. The van der Waals surface area contributed by atoms with Gasteiger partial charge in [-0.05, 0) is 61.0 Å². The lowest BCUT2D eigenvalue weighted by molar-refractivity contribution is -0.118. The number of hydrogen-bond acceptors (Lipinski definition) is 7. The van der Waals surface area contributed by atoms with Crippen molar-refractivity contribution in [2.45, 2.75) is 12.1 Å². The van der Waals surface area contributed by atoms with Crippen molar-refractivity contribution in [3.05, 3.63) is 83.9 Å². The van der Waals surface area contributed by atoms with Crippen LogP contribution in [0.2, 0.25) is 0 Å². The molecule has 0 aliphatic rings. The van der Waals surface area contributed by atoms with Crippen molar-refractivity contribution in [3.8, 4) is 28.6 Å². The third kappa shape index (κ3) is 6.07. The number of aryl methyl sites for hydroxylation is 1. The van der Waals surface area contributed by atoms with Crippen molar-refractivity contribution in [2.24, 2.45) is 5.10 Å². The van der Waals surface area contributed by atoms with Gasteiger partial charge in [-0.25, -0.2) is 5.43 Å². The summed E-state index contributed by atoms with van der Waals surface area (Å²) in [6.07, 6.45) is 1.61. The molecule has 0 spiro atoms. The first kappa shape index (κ1) is 24.0. The predicted octanol–water partition coefficient (Wildman–Crippen LogP) is 4.50. The predicted molar refractivity (Wildman–Crippen MR) is 138 cm³/mol. The molecule has 9 heteroatoms. The molecule has 0 fully saturated rings. The second-order valence-corrected chi connectivity index (χ2v) is 8.50. The Morgan fingerprint density at radius 2 is 1.57 bits per heavy atom. The summed E-state index contributed by atoms with van der Waals surface area (Å²) in [4.78, 5) is 12.4. The number of thioether (sulfide) groups is 1. The summed E-state index contributed by atoms with van der Waals surface area (Å²) in [5.74, 6) is 2.03. The summed E-state index contributed by atoms with van der Waals surface area (Å²) in [5, 5.41) is 13.4. The average molecular weight is 488 g/mol. The molecule has 0 aliphatic heterocycles. The maximum absolute atomic E-state index is 12.4. The van der Waals surface area contributed by atoms with Gasteiger partial charge in [0.05, 0.1) is 26.2 Å². The van der Waals surface area contributed by atoms with Crippen LogP contribution in [-0.2, 0) is 4.79 Å². The molecule has 8 nitrogen and oxygen atoms in total. The maximum Gasteiger partial charge on any atom is 0.250 e. The highest BCUT2D eigenvalue weighted by atomic mass is 32.2. The van der Waals surface area contributed by atoms with Gasteiger partial charge in [0.15, 0.2) is 11.0 Å². The van der Waals surface area contributed by atoms with E-state index in [9.17, 15) is 4.79 Å². The Kier molecular flexibility index (Phi) is 7.79. The van der Waals surface area contributed by atoms with E-state index in [0.717, 1.165) is 33.9 Å². The van der Waals surface area contributed by atoms with Gasteiger partial charge in [0, 0.05) is 11.3 Å². The number of carbonyl (C=O) groups excluding carboxylic acids is 1. The van der Waals surface area contributed by atoms with Gasteiger partial charge >= 0.3 is 0 Å². The van der Waals surface area contributed by atoms with E-state index in [0.29, 0.717) is 11.0 Å². The molecule has 1 aromatic heterocycles. The van der Waals surface area contributed by atoms with Crippen LogP contribution in [-0.4, -0.2) is 46.9 Å². The van der Waals surface area contributed by atoms with Crippen LogP contribution in [0.15, 0.2) is 83.1 Å². The molecule has 4 rings (SSSR count). The topological polar surface area (TPSA) is 90.6 Å². The van der Waals surface area contributed by atoms with Crippen molar-refractivity contribution in [1.82, 2.24) is 20.2 Å². The van der Waals surface area contributed by atoms with Gasteiger partial charge in [0.1, 0.15) is 11.5 Å². The van der Waals surface area contributed by atoms with Gasteiger partial charge in [-0.1, -0.05) is 41.6 Å². The number of nitrogens with zero attached hydrogens (tertiary/aromatic N) is 4. The van der Waals surface area contributed by atoms with E-state index in [-0.39, 0.29) is 11.7 Å². The number of nitrogens with one attached hydrogen (secondary N) is 1. The second kappa shape index (κ2) is 11.3. The third-order valence-corrected chi connectivity index (χ3v) is 6.05. The first-order valence-corrected chi connectivity index (χ1v) is 11.8. The van der Waals surface area contributed by atoms with Gasteiger partial charge in [-0.15, -0.1) is 10.2 Å².